The molecule has 186 valence electrons. The first kappa shape index (κ1) is 23.6. The van der Waals surface area contributed by atoms with Gasteiger partial charge in [0.05, 0.1) is 33.6 Å². The van der Waals surface area contributed by atoms with Gasteiger partial charge < -0.3 is 0 Å². The third-order valence-corrected chi connectivity index (χ3v) is 7.74. The maximum absolute atomic E-state index is 13.4. The molecule has 0 aromatic heterocycles. The van der Waals surface area contributed by atoms with E-state index in [4.69, 9.17) is 0 Å². The van der Waals surface area contributed by atoms with Crippen LogP contribution in [0.4, 0.5) is 11.4 Å². The molecule has 6 nitrogen and oxygen atoms in total. The van der Waals surface area contributed by atoms with Crippen molar-refractivity contribution in [3.63, 3.8) is 0 Å². The Morgan fingerprint density at radius 1 is 0.447 bits per heavy atom. The first-order valence-electron chi connectivity index (χ1n) is 12.4. The summed E-state index contributed by atoms with van der Waals surface area (Å²) in [6.45, 7) is 7.67. The summed E-state index contributed by atoms with van der Waals surface area (Å²) >= 11 is 0. The lowest BCUT2D eigenvalue weighted by atomic mass is 9.97. The van der Waals surface area contributed by atoms with Crippen LogP contribution in [-0.4, -0.2) is 23.6 Å². The van der Waals surface area contributed by atoms with Crippen LogP contribution < -0.4 is 9.80 Å². The number of hydrogen-bond donors (Lipinski definition) is 0. The van der Waals surface area contributed by atoms with Crippen LogP contribution in [0, 0.1) is 27.7 Å². The van der Waals surface area contributed by atoms with E-state index in [9.17, 15) is 19.2 Å². The third-order valence-electron chi connectivity index (χ3n) is 7.74. The molecule has 0 aliphatic carbocycles. The van der Waals surface area contributed by atoms with E-state index in [-0.39, 0.29) is 23.6 Å². The van der Waals surface area contributed by atoms with Crippen molar-refractivity contribution in [2.75, 3.05) is 9.80 Å². The average molecular weight is 501 g/mol. The first-order valence-corrected chi connectivity index (χ1v) is 12.4. The lowest BCUT2D eigenvalue weighted by Crippen LogP contribution is -2.30. The van der Waals surface area contributed by atoms with Gasteiger partial charge in [-0.3, -0.25) is 19.2 Å². The summed E-state index contributed by atoms with van der Waals surface area (Å²) in [4.78, 5) is 55.6. The summed E-state index contributed by atoms with van der Waals surface area (Å²) in [6, 6.07) is 21.3. The van der Waals surface area contributed by atoms with Gasteiger partial charge >= 0.3 is 0 Å². The van der Waals surface area contributed by atoms with Crippen molar-refractivity contribution in [2.45, 2.75) is 27.7 Å². The van der Waals surface area contributed by atoms with E-state index in [0.717, 1.165) is 22.3 Å². The van der Waals surface area contributed by atoms with Crippen LogP contribution >= 0.6 is 0 Å². The van der Waals surface area contributed by atoms with Crippen LogP contribution in [-0.2, 0) is 0 Å². The molecule has 0 fully saturated rings. The van der Waals surface area contributed by atoms with Crippen molar-refractivity contribution in [3.8, 4) is 11.1 Å². The highest BCUT2D eigenvalue weighted by atomic mass is 16.2. The number of imide groups is 2. The molecule has 0 radical (unpaired) electrons. The number of carbonyl (C=O) groups is 4. The van der Waals surface area contributed by atoms with Crippen LogP contribution in [0.1, 0.15) is 63.7 Å². The Hall–Kier alpha value is -4.84. The Morgan fingerprint density at radius 3 is 1.21 bits per heavy atom. The maximum Gasteiger partial charge on any atom is 0.266 e. The van der Waals surface area contributed by atoms with E-state index in [2.05, 4.69) is 0 Å². The standard InChI is InChI=1S/C32H24N2O4/c1-17-7-5-9-27(19(17)3)33-29(35)23-13-11-21(15-25(23)31(33)37)22-12-14-24-26(16-22)32(38)34(30(24)36)28-10-6-8-18(2)20(28)4/h5-16H,1-4H3. The minimum Gasteiger partial charge on any atom is -0.268 e. The number of anilines is 2. The van der Waals surface area contributed by atoms with Gasteiger partial charge in [-0.1, -0.05) is 36.4 Å². The Balaban J connectivity index is 1.38. The first-order chi connectivity index (χ1) is 18.2. The van der Waals surface area contributed by atoms with E-state index >= 15 is 0 Å². The molecule has 4 aromatic carbocycles. The lowest BCUT2D eigenvalue weighted by molar-refractivity contribution is 0.0910. The summed E-state index contributed by atoms with van der Waals surface area (Å²) in [5.41, 5.74) is 7.55. The molecule has 4 amide bonds. The largest absolute Gasteiger partial charge is 0.268 e. The second-order valence-corrected chi connectivity index (χ2v) is 9.85. The number of carbonyl (C=O) groups excluding carboxylic acids is 4. The summed E-state index contributed by atoms with van der Waals surface area (Å²) in [7, 11) is 0. The fourth-order valence-corrected chi connectivity index (χ4v) is 5.23. The molecule has 0 unspecified atom stereocenters. The van der Waals surface area contributed by atoms with Crippen molar-refractivity contribution >= 4 is 35.0 Å². The molecule has 38 heavy (non-hydrogen) atoms. The van der Waals surface area contributed by atoms with Gasteiger partial charge in [-0.25, -0.2) is 9.80 Å². The van der Waals surface area contributed by atoms with E-state index in [0.29, 0.717) is 44.8 Å². The van der Waals surface area contributed by atoms with Crippen LogP contribution in [0.25, 0.3) is 11.1 Å². The molecule has 0 saturated carbocycles. The molecule has 0 N–H and O–H groups in total. The van der Waals surface area contributed by atoms with Crippen molar-refractivity contribution in [3.05, 3.63) is 117 Å². The molecule has 6 rings (SSSR count). The molecule has 6 heteroatoms. The van der Waals surface area contributed by atoms with Crippen LogP contribution in [0.3, 0.4) is 0 Å². The number of aryl methyl sites for hydroxylation is 2. The van der Waals surface area contributed by atoms with Crippen LogP contribution in [0.15, 0.2) is 72.8 Å². The van der Waals surface area contributed by atoms with Gasteiger partial charge in [-0.2, -0.15) is 0 Å². The highest BCUT2D eigenvalue weighted by molar-refractivity contribution is 6.36. The Bertz CT molecular complexity index is 1620. The van der Waals surface area contributed by atoms with Gasteiger partial charge in [0, 0.05) is 0 Å². The molecule has 4 aromatic rings. The van der Waals surface area contributed by atoms with Gasteiger partial charge in [-0.15, -0.1) is 0 Å². The van der Waals surface area contributed by atoms with E-state index < -0.39 is 0 Å². The molecule has 0 bridgehead atoms. The minimum absolute atomic E-state index is 0.313. The van der Waals surface area contributed by atoms with Gasteiger partial charge in [-0.05, 0) is 97.5 Å². The maximum atomic E-state index is 13.4. The monoisotopic (exact) mass is 500 g/mol. The number of amides is 4. The number of rotatable bonds is 3. The fraction of sp³-hybridized carbons (Fsp3) is 0.125. The minimum atomic E-state index is -0.380. The molecule has 0 saturated heterocycles. The van der Waals surface area contributed by atoms with Crippen molar-refractivity contribution in [1.82, 2.24) is 0 Å². The van der Waals surface area contributed by atoms with Crippen molar-refractivity contribution in [1.29, 1.82) is 0 Å². The SMILES string of the molecule is Cc1cccc(N2C(=O)c3ccc(-c4ccc5c(c4)C(=O)N(c4cccc(C)c4C)C5=O)cc3C2=O)c1C. The van der Waals surface area contributed by atoms with E-state index in [1.807, 2.05) is 52.0 Å². The highest BCUT2D eigenvalue weighted by Crippen LogP contribution is 2.37. The lowest BCUT2D eigenvalue weighted by Gasteiger charge is -2.17. The molecular formula is C32H24N2O4. The fourth-order valence-electron chi connectivity index (χ4n) is 5.23. The normalized spacial score (nSPS) is 14.4. The zero-order valence-corrected chi connectivity index (χ0v) is 21.5. The molecule has 0 atom stereocenters. The molecule has 0 spiro atoms. The Morgan fingerprint density at radius 2 is 0.816 bits per heavy atom. The smallest absolute Gasteiger partial charge is 0.266 e. The van der Waals surface area contributed by atoms with Crippen LogP contribution in [0.2, 0.25) is 0 Å². The van der Waals surface area contributed by atoms with Gasteiger partial charge in [0.25, 0.3) is 23.6 Å². The van der Waals surface area contributed by atoms with Crippen molar-refractivity contribution < 1.29 is 19.2 Å². The summed E-state index contributed by atoms with van der Waals surface area (Å²) in [6.07, 6.45) is 0. The second kappa shape index (κ2) is 8.35. The second-order valence-electron chi connectivity index (χ2n) is 9.85. The summed E-state index contributed by atoms with van der Waals surface area (Å²) < 4.78 is 0. The Labute approximate surface area is 220 Å². The van der Waals surface area contributed by atoms with Crippen LogP contribution in [0.5, 0.6) is 0 Å². The van der Waals surface area contributed by atoms with E-state index in [1.165, 1.54) is 9.80 Å². The molecular weight excluding hydrogens is 476 g/mol. The van der Waals surface area contributed by atoms with E-state index in [1.54, 1.807) is 48.5 Å². The number of nitrogens with zero attached hydrogens (tertiary/aromatic N) is 2. The zero-order valence-electron chi connectivity index (χ0n) is 21.5. The average Bonchev–Trinajstić information content (AvgIpc) is 3.31. The number of hydrogen-bond acceptors (Lipinski definition) is 4. The number of benzene rings is 4. The summed E-state index contributed by atoms with van der Waals surface area (Å²) in [5, 5.41) is 0. The predicted molar refractivity (Wildman–Crippen MR) is 146 cm³/mol. The highest BCUT2D eigenvalue weighted by Gasteiger charge is 2.39. The van der Waals surface area contributed by atoms with Crippen molar-refractivity contribution in [2.24, 2.45) is 0 Å². The topological polar surface area (TPSA) is 74.8 Å². The van der Waals surface area contributed by atoms with Gasteiger partial charge in [0.15, 0.2) is 0 Å². The van der Waals surface area contributed by atoms with Gasteiger partial charge in [0.2, 0.25) is 0 Å². The quantitative estimate of drug-likeness (QED) is 0.315. The number of fused-ring (bicyclic) bond motifs is 2. The van der Waals surface area contributed by atoms with Gasteiger partial charge in [0.1, 0.15) is 0 Å². The predicted octanol–water partition coefficient (Wildman–Crippen LogP) is 6.19. The molecule has 2 aliphatic heterocycles. The Kier molecular flexibility index (Phi) is 5.17. The molecule has 2 aliphatic rings. The molecule has 2 heterocycles. The summed E-state index contributed by atoms with van der Waals surface area (Å²) in [5.74, 6) is -1.48. The zero-order chi connectivity index (χ0) is 26.9. The third kappa shape index (κ3) is 3.27.